The lowest BCUT2D eigenvalue weighted by Gasteiger charge is -2.28. The molecule has 3 N–H and O–H groups in total. The molecule has 2 heterocycles. The Morgan fingerprint density at radius 3 is 2.89 bits per heavy atom. The Balaban J connectivity index is 2.45. The number of nitrogen functional groups attached to an aromatic ring is 1. The topological polar surface area (TPSA) is 75.3 Å². The Morgan fingerprint density at radius 1 is 1.44 bits per heavy atom. The molecule has 98 valence electrons. The van der Waals surface area contributed by atoms with Gasteiger partial charge in [0.2, 0.25) is 5.95 Å². The molecule has 0 aromatic carbocycles. The van der Waals surface area contributed by atoms with E-state index in [2.05, 4.69) is 28.7 Å². The van der Waals surface area contributed by atoms with E-state index in [-0.39, 0.29) is 6.61 Å². The Kier molecular flexibility index (Phi) is 3.98. The van der Waals surface area contributed by atoms with Gasteiger partial charge in [-0.25, -0.2) is 4.98 Å². The second-order valence-corrected chi connectivity index (χ2v) is 5.30. The molecule has 0 radical (unpaired) electrons. The monoisotopic (exact) mass is 266 g/mol. The van der Waals surface area contributed by atoms with Crippen LogP contribution in [0.25, 0.3) is 10.2 Å². The number of rotatable bonds is 5. The maximum atomic E-state index is 8.99. The van der Waals surface area contributed by atoms with Crippen molar-refractivity contribution in [3.63, 3.8) is 0 Å². The molecule has 2 aromatic heterocycles. The van der Waals surface area contributed by atoms with Crippen molar-refractivity contribution in [3.8, 4) is 0 Å². The van der Waals surface area contributed by atoms with Crippen molar-refractivity contribution in [1.29, 1.82) is 0 Å². The minimum absolute atomic E-state index is 0.177. The first-order valence-corrected chi connectivity index (χ1v) is 6.89. The van der Waals surface area contributed by atoms with Crippen molar-refractivity contribution in [2.75, 3.05) is 23.8 Å². The van der Waals surface area contributed by atoms with Gasteiger partial charge in [-0.05, 0) is 31.7 Å². The smallest absolute Gasteiger partial charge is 0.223 e. The van der Waals surface area contributed by atoms with Crippen molar-refractivity contribution >= 4 is 33.3 Å². The van der Waals surface area contributed by atoms with Gasteiger partial charge in [-0.1, -0.05) is 0 Å². The summed E-state index contributed by atoms with van der Waals surface area (Å²) < 4.78 is 0. The van der Waals surface area contributed by atoms with E-state index in [0.29, 0.717) is 18.4 Å². The molecule has 0 fully saturated rings. The molecule has 0 aliphatic carbocycles. The Morgan fingerprint density at radius 2 is 2.22 bits per heavy atom. The average molecular weight is 266 g/mol. The zero-order valence-corrected chi connectivity index (χ0v) is 11.4. The second kappa shape index (κ2) is 5.49. The molecule has 0 spiro atoms. The molecular weight excluding hydrogens is 248 g/mol. The molecule has 0 aliphatic heterocycles. The van der Waals surface area contributed by atoms with Crippen LogP contribution in [0, 0.1) is 0 Å². The summed E-state index contributed by atoms with van der Waals surface area (Å²) in [6.45, 7) is 5.15. The van der Waals surface area contributed by atoms with E-state index >= 15 is 0 Å². The summed E-state index contributed by atoms with van der Waals surface area (Å²) in [7, 11) is 0. The maximum Gasteiger partial charge on any atom is 0.223 e. The number of anilines is 2. The normalized spacial score (nSPS) is 11.3. The molecule has 0 amide bonds. The highest BCUT2D eigenvalue weighted by Gasteiger charge is 2.16. The van der Waals surface area contributed by atoms with Gasteiger partial charge < -0.3 is 15.7 Å². The Bertz CT molecular complexity index is 526. The summed E-state index contributed by atoms with van der Waals surface area (Å²) >= 11 is 1.56. The Hall–Kier alpha value is -1.40. The minimum Gasteiger partial charge on any atom is -0.396 e. The highest BCUT2D eigenvalue weighted by atomic mass is 32.1. The number of aliphatic hydroxyl groups excluding tert-OH is 1. The quantitative estimate of drug-likeness (QED) is 0.864. The van der Waals surface area contributed by atoms with E-state index in [1.54, 1.807) is 11.3 Å². The van der Waals surface area contributed by atoms with Crippen LogP contribution in [0.5, 0.6) is 0 Å². The number of aliphatic hydroxyl groups is 1. The highest BCUT2D eigenvalue weighted by Crippen LogP contribution is 2.29. The zero-order valence-electron chi connectivity index (χ0n) is 10.6. The number of nitrogens with two attached hydrogens (primary N) is 1. The lowest BCUT2D eigenvalue weighted by molar-refractivity contribution is 0.288. The van der Waals surface area contributed by atoms with E-state index < -0.39 is 0 Å². The standard InChI is InChI=1S/C12H18N4OS/c1-8(2)16(5-3-6-17)10-9-4-7-18-11(9)15-12(13)14-10/h4,7-8,17H,3,5-6H2,1-2H3,(H2,13,14,15). The molecule has 0 unspecified atom stereocenters. The summed E-state index contributed by atoms with van der Waals surface area (Å²) in [6.07, 6.45) is 0.716. The lowest BCUT2D eigenvalue weighted by Crippen LogP contribution is -2.33. The van der Waals surface area contributed by atoms with Crippen LogP contribution in [0.15, 0.2) is 11.4 Å². The number of hydrogen-bond acceptors (Lipinski definition) is 6. The first kappa shape index (κ1) is 13.0. The van der Waals surface area contributed by atoms with Crippen LogP contribution in [0.4, 0.5) is 11.8 Å². The third-order valence-electron chi connectivity index (χ3n) is 2.77. The molecular formula is C12H18N4OS. The fourth-order valence-electron chi connectivity index (χ4n) is 1.92. The molecule has 2 aromatic rings. The summed E-state index contributed by atoms with van der Waals surface area (Å²) in [5, 5.41) is 12.0. The zero-order chi connectivity index (χ0) is 13.1. The summed E-state index contributed by atoms with van der Waals surface area (Å²) in [4.78, 5) is 11.7. The van der Waals surface area contributed by atoms with Crippen LogP contribution in [0.3, 0.4) is 0 Å². The molecule has 0 saturated heterocycles. The van der Waals surface area contributed by atoms with Gasteiger partial charge in [0, 0.05) is 19.2 Å². The van der Waals surface area contributed by atoms with Crippen LogP contribution in [-0.4, -0.2) is 34.3 Å². The van der Waals surface area contributed by atoms with Crippen molar-refractivity contribution < 1.29 is 5.11 Å². The van der Waals surface area contributed by atoms with Gasteiger partial charge >= 0.3 is 0 Å². The van der Waals surface area contributed by atoms with Crippen LogP contribution in [0.1, 0.15) is 20.3 Å². The molecule has 0 saturated carbocycles. The third-order valence-corrected chi connectivity index (χ3v) is 3.58. The minimum atomic E-state index is 0.177. The lowest BCUT2D eigenvalue weighted by atomic mass is 10.2. The second-order valence-electron chi connectivity index (χ2n) is 4.41. The van der Waals surface area contributed by atoms with Gasteiger partial charge in [-0.3, -0.25) is 0 Å². The predicted molar refractivity (Wildman–Crippen MR) is 76.0 cm³/mol. The van der Waals surface area contributed by atoms with E-state index in [9.17, 15) is 0 Å². The fourth-order valence-corrected chi connectivity index (χ4v) is 2.69. The van der Waals surface area contributed by atoms with Gasteiger partial charge in [0.05, 0.1) is 5.39 Å². The molecule has 18 heavy (non-hydrogen) atoms. The first-order valence-electron chi connectivity index (χ1n) is 6.01. The first-order chi connectivity index (χ1) is 8.63. The third kappa shape index (κ3) is 2.54. The number of nitrogens with zero attached hydrogens (tertiary/aromatic N) is 3. The van der Waals surface area contributed by atoms with Gasteiger partial charge in [0.1, 0.15) is 10.6 Å². The highest BCUT2D eigenvalue weighted by molar-refractivity contribution is 7.16. The van der Waals surface area contributed by atoms with Crippen molar-refractivity contribution in [2.24, 2.45) is 0 Å². The fraction of sp³-hybridized carbons (Fsp3) is 0.500. The SMILES string of the molecule is CC(C)N(CCCO)c1nc(N)nc2sccc12. The van der Waals surface area contributed by atoms with Crippen molar-refractivity contribution in [1.82, 2.24) is 9.97 Å². The van der Waals surface area contributed by atoms with E-state index in [1.807, 2.05) is 11.4 Å². The van der Waals surface area contributed by atoms with Gasteiger partial charge in [-0.15, -0.1) is 11.3 Å². The van der Waals surface area contributed by atoms with Crippen LogP contribution < -0.4 is 10.6 Å². The largest absolute Gasteiger partial charge is 0.396 e. The predicted octanol–water partition coefficient (Wildman–Crippen LogP) is 1.87. The summed E-state index contributed by atoms with van der Waals surface area (Å²) in [5.41, 5.74) is 5.76. The van der Waals surface area contributed by atoms with Crippen molar-refractivity contribution in [3.05, 3.63) is 11.4 Å². The molecule has 0 atom stereocenters. The average Bonchev–Trinajstić information content (AvgIpc) is 2.76. The molecule has 6 heteroatoms. The number of thiophene rings is 1. The number of aromatic nitrogens is 2. The van der Waals surface area contributed by atoms with Crippen molar-refractivity contribution in [2.45, 2.75) is 26.3 Å². The van der Waals surface area contributed by atoms with Gasteiger partial charge in [0.25, 0.3) is 0 Å². The van der Waals surface area contributed by atoms with Gasteiger partial charge in [-0.2, -0.15) is 4.98 Å². The molecule has 5 nitrogen and oxygen atoms in total. The van der Waals surface area contributed by atoms with E-state index in [1.165, 1.54) is 0 Å². The van der Waals surface area contributed by atoms with Crippen LogP contribution >= 0.6 is 11.3 Å². The van der Waals surface area contributed by atoms with E-state index in [0.717, 1.165) is 22.6 Å². The molecule has 2 rings (SSSR count). The van der Waals surface area contributed by atoms with Gasteiger partial charge in [0.15, 0.2) is 0 Å². The summed E-state index contributed by atoms with van der Waals surface area (Å²) in [5.74, 6) is 1.16. The molecule has 0 aliphatic rings. The maximum absolute atomic E-state index is 8.99. The van der Waals surface area contributed by atoms with E-state index in [4.69, 9.17) is 10.8 Å². The van der Waals surface area contributed by atoms with Crippen LogP contribution in [0.2, 0.25) is 0 Å². The number of fused-ring (bicyclic) bond motifs is 1. The molecule has 0 bridgehead atoms. The Labute approximate surface area is 110 Å². The van der Waals surface area contributed by atoms with Crippen LogP contribution in [-0.2, 0) is 0 Å². The number of hydrogen-bond donors (Lipinski definition) is 2. The summed E-state index contributed by atoms with van der Waals surface area (Å²) in [6, 6.07) is 2.32.